The van der Waals surface area contributed by atoms with Gasteiger partial charge in [0.25, 0.3) is 0 Å². The molecule has 0 aliphatic carbocycles. The number of amides is 1. The Labute approximate surface area is 118 Å². The van der Waals surface area contributed by atoms with Crippen molar-refractivity contribution in [3.05, 3.63) is 0 Å². The second kappa shape index (κ2) is 6.71. The molecule has 1 heterocycles. The maximum atomic E-state index is 12.6. The average Bonchev–Trinajstić information content (AvgIpc) is 2.50. The molecule has 0 radical (unpaired) electrons. The zero-order valence-corrected chi connectivity index (χ0v) is 13.6. The van der Waals surface area contributed by atoms with Crippen molar-refractivity contribution in [1.82, 2.24) is 15.1 Å². The van der Waals surface area contributed by atoms with E-state index in [1.165, 1.54) is 0 Å². The molecule has 1 fully saturated rings. The number of nitrogens with one attached hydrogen (secondary N) is 1. The lowest BCUT2D eigenvalue weighted by atomic mass is 10.00. The van der Waals surface area contributed by atoms with Crippen LogP contribution in [0.3, 0.4) is 0 Å². The highest BCUT2D eigenvalue weighted by Crippen LogP contribution is 2.23. The predicted octanol–water partition coefficient (Wildman–Crippen LogP) is 1.77. The summed E-state index contributed by atoms with van der Waals surface area (Å²) in [5.74, 6) is 1.29. The third-order valence-corrected chi connectivity index (χ3v) is 3.80. The van der Waals surface area contributed by atoms with Gasteiger partial charge >= 0.3 is 0 Å². The molecular formula is C15H31N3O. The highest BCUT2D eigenvalue weighted by atomic mass is 16.2. The van der Waals surface area contributed by atoms with E-state index in [1.807, 2.05) is 0 Å². The van der Waals surface area contributed by atoms with Gasteiger partial charge in [-0.15, -0.1) is 0 Å². The van der Waals surface area contributed by atoms with Crippen molar-refractivity contribution < 1.29 is 4.79 Å². The summed E-state index contributed by atoms with van der Waals surface area (Å²) >= 11 is 0. The number of hydrogen-bond acceptors (Lipinski definition) is 3. The van der Waals surface area contributed by atoms with Crippen LogP contribution in [0.15, 0.2) is 0 Å². The topological polar surface area (TPSA) is 35.6 Å². The van der Waals surface area contributed by atoms with E-state index in [9.17, 15) is 4.79 Å². The van der Waals surface area contributed by atoms with Gasteiger partial charge in [-0.1, -0.05) is 27.7 Å². The van der Waals surface area contributed by atoms with Crippen LogP contribution in [0, 0.1) is 11.8 Å². The van der Waals surface area contributed by atoms with Gasteiger partial charge < -0.3 is 9.80 Å². The van der Waals surface area contributed by atoms with Crippen molar-refractivity contribution in [2.75, 3.05) is 20.6 Å². The molecule has 0 aromatic rings. The molecule has 0 saturated carbocycles. The summed E-state index contributed by atoms with van der Waals surface area (Å²) in [6.07, 6.45) is 1.07. The third-order valence-electron chi connectivity index (χ3n) is 3.80. The average molecular weight is 269 g/mol. The molecule has 3 atom stereocenters. The maximum Gasteiger partial charge on any atom is 0.241 e. The number of nitrogens with zero attached hydrogens (tertiary/aromatic N) is 2. The Morgan fingerprint density at radius 3 is 2.26 bits per heavy atom. The number of rotatable bonds is 6. The van der Waals surface area contributed by atoms with E-state index in [1.54, 1.807) is 0 Å². The smallest absolute Gasteiger partial charge is 0.241 e. The van der Waals surface area contributed by atoms with E-state index in [0.29, 0.717) is 11.8 Å². The summed E-state index contributed by atoms with van der Waals surface area (Å²) in [5.41, 5.74) is 0. The predicted molar refractivity (Wildman–Crippen MR) is 79.9 cm³/mol. The third kappa shape index (κ3) is 4.18. The van der Waals surface area contributed by atoms with E-state index in [0.717, 1.165) is 13.0 Å². The van der Waals surface area contributed by atoms with E-state index in [4.69, 9.17) is 0 Å². The zero-order valence-electron chi connectivity index (χ0n) is 13.6. The lowest BCUT2D eigenvalue weighted by molar-refractivity contribution is -0.133. The van der Waals surface area contributed by atoms with E-state index >= 15 is 0 Å². The molecule has 1 amide bonds. The molecule has 1 saturated heterocycles. The summed E-state index contributed by atoms with van der Waals surface area (Å²) in [6.45, 7) is 11.8. The Kier molecular flexibility index (Phi) is 5.81. The van der Waals surface area contributed by atoms with Crippen LogP contribution in [0.25, 0.3) is 0 Å². The van der Waals surface area contributed by atoms with Crippen molar-refractivity contribution in [1.29, 1.82) is 0 Å². The molecule has 0 aromatic heterocycles. The Morgan fingerprint density at radius 2 is 1.84 bits per heavy atom. The Balaban J connectivity index is 2.82. The molecule has 0 bridgehead atoms. The van der Waals surface area contributed by atoms with Crippen molar-refractivity contribution in [2.24, 2.45) is 11.8 Å². The van der Waals surface area contributed by atoms with Crippen LogP contribution >= 0.6 is 0 Å². The van der Waals surface area contributed by atoms with Crippen LogP contribution in [0.5, 0.6) is 0 Å². The van der Waals surface area contributed by atoms with Gasteiger partial charge in [0.2, 0.25) is 5.91 Å². The van der Waals surface area contributed by atoms with Gasteiger partial charge in [0, 0.05) is 12.6 Å². The highest BCUT2D eigenvalue weighted by Gasteiger charge is 2.41. The van der Waals surface area contributed by atoms with Crippen molar-refractivity contribution in [3.8, 4) is 0 Å². The van der Waals surface area contributed by atoms with Gasteiger partial charge in [0.15, 0.2) is 0 Å². The first-order valence-corrected chi connectivity index (χ1v) is 7.47. The monoisotopic (exact) mass is 269 g/mol. The maximum absolute atomic E-state index is 12.6. The van der Waals surface area contributed by atoms with Gasteiger partial charge in [0.1, 0.15) is 0 Å². The van der Waals surface area contributed by atoms with Crippen LogP contribution in [0.2, 0.25) is 0 Å². The lowest BCUT2D eigenvalue weighted by Crippen LogP contribution is -2.50. The summed E-state index contributed by atoms with van der Waals surface area (Å²) in [5, 5.41) is 3.45. The highest BCUT2D eigenvalue weighted by molar-refractivity contribution is 5.84. The molecular weight excluding hydrogens is 238 g/mol. The number of carbonyl (C=O) groups is 1. The van der Waals surface area contributed by atoms with Crippen LogP contribution in [0.4, 0.5) is 0 Å². The molecule has 4 heteroatoms. The fourth-order valence-electron chi connectivity index (χ4n) is 2.90. The van der Waals surface area contributed by atoms with Gasteiger partial charge in [-0.2, -0.15) is 0 Å². The summed E-state index contributed by atoms with van der Waals surface area (Å²) in [7, 11) is 4.14. The first-order valence-electron chi connectivity index (χ1n) is 7.47. The van der Waals surface area contributed by atoms with Crippen molar-refractivity contribution in [2.45, 2.75) is 59.3 Å². The summed E-state index contributed by atoms with van der Waals surface area (Å²) in [6, 6.07) is 0.278. The van der Waals surface area contributed by atoms with Crippen LogP contribution < -0.4 is 5.32 Å². The van der Waals surface area contributed by atoms with Crippen LogP contribution in [-0.4, -0.2) is 54.6 Å². The molecule has 0 spiro atoms. The van der Waals surface area contributed by atoms with Gasteiger partial charge in [-0.25, -0.2) is 0 Å². The number of likely N-dealkylation sites (N-methyl/N-ethyl adjacent to an activating group) is 1. The molecule has 1 rings (SSSR count). The largest absolute Gasteiger partial charge is 0.322 e. The SMILES string of the molecule is CC(C)CC1NC(C)N(C(CN(C)C)C(C)C)C1=O. The summed E-state index contributed by atoms with van der Waals surface area (Å²) < 4.78 is 0. The van der Waals surface area contributed by atoms with Gasteiger partial charge in [0.05, 0.1) is 12.2 Å². The molecule has 112 valence electrons. The molecule has 1 aliphatic heterocycles. The quantitative estimate of drug-likeness (QED) is 0.798. The van der Waals surface area contributed by atoms with Gasteiger partial charge in [-0.3, -0.25) is 10.1 Å². The fraction of sp³-hybridized carbons (Fsp3) is 0.933. The first-order chi connectivity index (χ1) is 8.73. The Morgan fingerprint density at radius 1 is 1.26 bits per heavy atom. The molecule has 4 nitrogen and oxygen atoms in total. The number of hydrogen-bond donors (Lipinski definition) is 1. The molecule has 3 unspecified atom stereocenters. The second-order valence-electron chi connectivity index (χ2n) is 6.84. The lowest BCUT2D eigenvalue weighted by Gasteiger charge is -2.35. The minimum atomic E-state index is -0.00147. The Bertz CT molecular complexity index is 302. The number of carbonyl (C=O) groups excluding carboxylic acids is 1. The minimum Gasteiger partial charge on any atom is -0.322 e. The van der Waals surface area contributed by atoms with Crippen LogP contribution in [0.1, 0.15) is 41.0 Å². The van der Waals surface area contributed by atoms with E-state index in [2.05, 4.69) is 63.8 Å². The molecule has 1 aliphatic rings. The van der Waals surface area contributed by atoms with Crippen molar-refractivity contribution in [3.63, 3.8) is 0 Å². The van der Waals surface area contributed by atoms with E-state index in [-0.39, 0.29) is 24.2 Å². The Hall–Kier alpha value is -0.610. The van der Waals surface area contributed by atoms with Crippen molar-refractivity contribution >= 4 is 5.91 Å². The first kappa shape index (κ1) is 16.4. The molecule has 19 heavy (non-hydrogen) atoms. The molecule has 1 N–H and O–H groups in total. The second-order valence-corrected chi connectivity index (χ2v) is 6.84. The minimum absolute atomic E-state index is 0.00147. The zero-order chi connectivity index (χ0) is 14.7. The molecule has 0 aromatic carbocycles. The summed E-state index contributed by atoms with van der Waals surface area (Å²) in [4.78, 5) is 16.9. The van der Waals surface area contributed by atoms with E-state index < -0.39 is 0 Å². The fourth-order valence-corrected chi connectivity index (χ4v) is 2.90. The standard InChI is InChI=1S/C15H31N3O/c1-10(2)8-13-15(19)18(12(5)16-13)14(11(3)4)9-17(6)7/h10-14,16H,8-9H2,1-7H3. The van der Waals surface area contributed by atoms with Gasteiger partial charge in [-0.05, 0) is 39.3 Å². The normalized spacial score (nSPS) is 26.0. The van der Waals surface area contributed by atoms with Crippen LogP contribution in [-0.2, 0) is 4.79 Å².